The Kier molecular flexibility index (Phi) is 4.36. The van der Waals surface area contributed by atoms with Crippen LogP contribution in [0.2, 0.25) is 0 Å². The van der Waals surface area contributed by atoms with Crippen LogP contribution in [0.3, 0.4) is 0 Å². The average molecular weight is 263 g/mol. The highest BCUT2D eigenvalue weighted by atomic mass is 19.4. The van der Waals surface area contributed by atoms with Crippen molar-refractivity contribution in [1.29, 1.82) is 0 Å². The van der Waals surface area contributed by atoms with Gasteiger partial charge in [0.15, 0.2) is 0 Å². The molecule has 0 unspecified atom stereocenters. The van der Waals surface area contributed by atoms with Crippen LogP contribution >= 0.6 is 0 Å². The van der Waals surface area contributed by atoms with Gasteiger partial charge < -0.3 is 10.1 Å². The number of nitrogens with one attached hydrogen (secondary N) is 1. The quantitative estimate of drug-likeness (QED) is 0.788. The van der Waals surface area contributed by atoms with Crippen LogP contribution in [0.4, 0.5) is 13.2 Å². The third-order valence-corrected chi connectivity index (χ3v) is 3.85. The first-order chi connectivity index (χ1) is 8.18. The largest absolute Gasteiger partial charge is 0.471 e. The lowest BCUT2D eigenvalue weighted by atomic mass is 9.78. The van der Waals surface area contributed by atoms with Gasteiger partial charge in [0, 0.05) is 11.9 Å². The fraction of sp³-hybridized carbons (Fsp3) is 0.909. The van der Waals surface area contributed by atoms with E-state index in [0.29, 0.717) is 12.8 Å². The second-order valence-corrected chi connectivity index (χ2v) is 4.64. The van der Waals surface area contributed by atoms with E-state index in [9.17, 15) is 18.0 Å². The molecule has 0 aromatic heterocycles. The number of ether oxygens (including phenoxy) is 1. The summed E-state index contributed by atoms with van der Waals surface area (Å²) in [5, 5.41) is 1.93. The zero-order valence-corrected chi connectivity index (χ0v) is 10.7. The van der Waals surface area contributed by atoms with E-state index in [4.69, 9.17) is 12.6 Å². The van der Waals surface area contributed by atoms with E-state index < -0.39 is 29.7 Å². The molecule has 0 aliphatic carbocycles. The molecule has 3 atom stereocenters. The second kappa shape index (κ2) is 5.11. The van der Waals surface area contributed by atoms with Crippen LogP contribution in [-0.4, -0.2) is 37.6 Å². The van der Waals surface area contributed by atoms with Crippen molar-refractivity contribution in [3.05, 3.63) is 0 Å². The maximum Gasteiger partial charge on any atom is 0.471 e. The van der Waals surface area contributed by atoms with Crippen LogP contribution < -0.4 is 5.32 Å². The number of alkyl halides is 3. The predicted molar refractivity (Wildman–Crippen MR) is 61.1 cm³/mol. The lowest BCUT2D eigenvalue weighted by molar-refractivity contribution is -0.174. The number of carbonyl (C=O) groups is 1. The molecule has 2 radical (unpaired) electrons. The van der Waals surface area contributed by atoms with E-state index in [1.54, 1.807) is 6.92 Å². The number of halogens is 3. The van der Waals surface area contributed by atoms with Crippen molar-refractivity contribution in [1.82, 2.24) is 5.32 Å². The standard InChI is InChI=1S/C11H17BF3NO2/c1-4-10(5-2)6(3)7(8(12)18-10)16-9(17)11(13,14)15/h6-8H,4-5H2,1-3H3,(H,16,17)/t6-,7+,8+/m0/s1. The summed E-state index contributed by atoms with van der Waals surface area (Å²) in [5.41, 5.74) is -0.567. The molecule has 0 aromatic rings. The van der Waals surface area contributed by atoms with Gasteiger partial charge in [-0.2, -0.15) is 13.2 Å². The molecule has 3 nitrogen and oxygen atoms in total. The van der Waals surface area contributed by atoms with Crippen molar-refractivity contribution in [3.8, 4) is 0 Å². The van der Waals surface area contributed by atoms with Gasteiger partial charge in [-0.25, -0.2) is 0 Å². The first-order valence-electron chi connectivity index (χ1n) is 5.99. The average Bonchev–Trinajstić information content (AvgIpc) is 2.52. The molecule has 7 heteroatoms. The van der Waals surface area contributed by atoms with Gasteiger partial charge in [0.25, 0.3) is 0 Å². The van der Waals surface area contributed by atoms with E-state index in [2.05, 4.69) is 0 Å². The smallest absolute Gasteiger partial charge is 0.379 e. The molecule has 1 amide bonds. The Morgan fingerprint density at radius 2 is 1.89 bits per heavy atom. The van der Waals surface area contributed by atoms with Crippen molar-refractivity contribution in [2.75, 3.05) is 0 Å². The summed E-state index contributed by atoms with van der Waals surface area (Å²) in [6.07, 6.45) is -3.63. The number of amides is 1. The molecule has 1 aliphatic heterocycles. The maximum atomic E-state index is 12.2. The topological polar surface area (TPSA) is 38.3 Å². The van der Waals surface area contributed by atoms with Crippen molar-refractivity contribution in [2.45, 2.75) is 57.4 Å². The molecule has 102 valence electrons. The molecule has 1 N–H and O–H groups in total. The first-order valence-corrected chi connectivity index (χ1v) is 5.99. The molecular formula is C11H17BF3NO2. The zero-order chi connectivity index (χ0) is 14.1. The molecule has 1 heterocycles. The van der Waals surface area contributed by atoms with Crippen molar-refractivity contribution < 1.29 is 22.7 Å². The molecule has 0 saturated carbocycles. The minimum absolute atomic E-state index is 0.270. The molecular weight excluding hydrogens is 246 g/mol. The first kappa shape index (κ1) is 15.3. The van der Waals surface area contributed by atoms with Gasteiger partial charge in [-0.3, -0.25) is 4.79 Å². The second-order valence-electron chi connectivity index (χ2n) is 4.64. The molecule has 1 aliphatic rings. The molecule has 1 fully saturated rings. The molecule has 1 saturated heterocycles. The minimum Gasteiger partial charge on any atom is -0.379 e. The normalized spacial score (nSPS) is 31.3. The third-order valence-electron chi connectivity index (χ3n) is 3.85. The molecule has 0 bridgehead atoms. The van der Waals surface area contributed by atoms with E-state index in [1.165, 1.54) is 0 Å². The Morgan fingerprint density at radius 3 is 2.22 bits per heavy atom. The predicted octanol–water partition coefficient (Wildman–Crippen LogP) is 1.75. The van der Waals surface area contributed by atoms with Crippen LogP contribution in [0.25, 0.3) is 0 Å². The molecule has 18 heavy (non-hydrogen) atoms. The van der Waals surface area contributed by atoms with E-state index >= 15 is 0 Å². The highest BCUT2D eigenvalue weighted by Gasteiger charge is 2.51. The Bertz CT molecular complexity index is 318. The fourth-order valence-electron chi connectivity index (χ4n) is 2.56. The van der Waals surface area contributed by atoms with E-state index in [1.807, 2.05) is 19.2 Å². The lowest BCUT2D eigenvalue weighted by Crippen LogP contribution is -2.50. The molecule has 0 aromatic carbocycles. The van der Waals surface area contributed by atoms with Crippen molar-refractivity contribution >= 4 is 13.8 Å². The van der Waals surface area contributed by atoms with Gasteiger partial charge in [0.2, 0.25) is 0 Å². The van der Waals surface area contributed by atoms with Crippen LogP contribution in [0.15, 0.2) is 0 Å². The highest BCUT2D eigenvalue weighted by Crippen LogP contribution is 2.40. The zero-order valence-electron chi connectivity index (χ0n) is 10.7. The Hall–Kier alpha value is -0.715. The molecule has 1 rings (SSSR count). The molecule has 0 spiro atoms. The Morgan fingerprint density at radius 1 is 1.39 bits per heavy atom. The number of hydrogen-bond acceptors (Lipinski definition) is 2. The summed E-state index contributed by atoms with van der Waals surface area (Å²) in [4.78, 5) is 11.0. The summed E-state index contributed by atoms with van der Waals surface area (Å²) >= 11 is 0. The van der Waals surface area contributed by atoms with Crippen LogP contribution in [0.5, 0.6) is 0 Å². The maximum absolute atomic E-state index is 12.2. The Balaban J connectivity index is 2.82. The summed E-state index contributed by atoms with van der Waals surface area (Å²) in [6.45, 7) is 5.53. The van der Waals surface area contributed by atoms with Crippen LogP contribution in [0.1, 0.15) is 33.6 Å². The van der Waals surface area contributed by atoms with E-state index in [0.717, 1.165) is 0 Å². The van der Waals surface area contributed by atoms with Gasteiger partial charge in [0.05, 0.1) is 11.6 Å². The summed E-state index contributed by atoms with van der Waals surface area (Å²) in [5.74, 6) is -2.24. The van der Waals surface area contributed by atoms with Gasteiger partial charge in [-0.1, -0.05) is 20.8 Å². The van der Waals surface area contributed by atoms with E-state index in [-0.39, 0.29) is 5.92 Å². The van der Waals surface area contributed by atoms with Gasteiger partial charge in [-0.15, -0.1) is 0 Å². The summed E-state index contributed by atoms with van der Waals surface area (Å²) in [6, 6.07) is -1.73. The van der Waals surface area contributed by atoms with Gasteiger partial charge >= 0.3 is 12.1 Å². The van der Waals surface area contributed by atoms with Gasteiger partial charge in [0.1, 0.15) is 7.85 Å². The number of hydrogen-bond donors (Lipinski definition) is 1. The minimum atomic E-state index is -4.90. The fourth-order valence-corrected chi connectivity index (χ4v) is 2.56. The van der Waals surface area contributed by atoms with Crippen molar-refractivity contribution in [3.63, 3.8) is 0 Å². The number of rotatable bonds is 3. The van der Waals surface area contributed by atoms with Crippen LogP contribution in [-0.2, 0) is 9.53 Å². The van der Waals surface area contributed by atoms with Crippen LogP contribution in [0, 0.1) is 5.92 Å². The number of carbonyl (C=O) groups excluding carboxylic acids is 1. The Labute approximate surface area is 106 Å². The highest BCUT2D eigenvalue weighted by molar-refractivity contribution is 6.12. The summed E-state index contributed by atoms with van der Waals surface area (Å²) < 4.78 is 42.2. The van der Waals surface area contributed by atoms with Crippen molar-refractivity contribution in [2.24, 2.45) is 5.92 Å². The summed E-state index contributed by atoms with van der Waals surface area (Å²) in [7, 11) is 5.68. The SMILES string of the molecule is [B][C@@H]1OC(CC)(CC)[C@@H](C)[C@H]1NC(=O)C(F)(F)F. The monoisotopic (exact) mass is 263 g/mol. The lowest BCUT2D eigenvalue weighted by Gasteiger charge is -2.32. The van der Waals surface area contributed by atoms with Gasteiger partial charge in [-0.05, 0) is 12.8 Å². The third kappa shape index (κ3) is 2.65.